The third-order valence-electron chi connectivity index (χ3n) is 2.96. The number of aromatic nitrogens is 4. The van der Waals surface area contributed by atoms with Crippen LogP contribution in [0, 0.1) is 0 Å². The number of allylic oxidation sites excluding steroid dienone is 2. The van der Waals surface area contributed by atoms with E-state index >= 15 is 0 Å². The van der Waals surface area contributed by atoms with Gasteiger partial charge in [-0.1, -0.05) is 19.4 Å². The summed E-state index contributed by atoms with van der Waals surface area (Å²) in [5.41, 5.74) is 2.25. The van der Waals surface area contributed by atoms with Crippen molar-refractivity contribution in [2.24, 2.45) is 4.99 Å². The summed E-state index contributed by atoms with van der Waals surface area (Å²) in [5, 5.41) is 14.0. The third-order valence-corrected chi connectivity index (χ3v) is 2.96. The lowest BCUT2D eigenvalue weighted by Crippen LogP contribution is -2.32. The summed E-state index contributed by atoms with van der Waals surface area (Å²) in [4.78, 5) is 6.65. The first kappa shape index (κ1) is 10.9. The molecule has 0 saturated heterocycles. The number of nitrogens with one attached hydrogen (secondary N) is 1. The van der Waals surface area contributed by atoms with E-state index in [1.165, 1.54) is 5.57 Å². The van der Waals surface area contributed by atoms with E-state index in [0.717, 1.165) is 30.8 Å². The van der Waals surface area contributed by atoms with E-state index in [4.69, 9.17) is 0 Å². The number of amidine groups is 1. The van der Waals surface area contributed by atoms with Gasteiger partial charge in [0.1, 0.15) is 5.84 Å². The maximum atomic E-state index is 4.53. The number of aromatic amines is 1. The first-order valence-electron chi connectivity index (χ1n) is 6.03. The van der Waals surface area contributed by atoms with Gasteiger partial charge in [-0.2, -0.15) is 5.21 Å². The van der Waals surface area contributed by atoms with E-state index in [0.29, 0.717) is 5.82 Å². The zero-order valence-corrected chi connectivity index (χ0v) is 10.2. The highest BCUT2D eigenvalue weighted by molar-refractivity contribution is 6.02. The fourth-order valence-corrected chi connectivity index (χ4v) is 2.13. The first-order chi connectivity index (χ1) is 8.88. The Morgan fingerprint density at radius 3 is 3.17 bits per heavy atom. The average Bonchev–Trinajstić information content (AvgIpc) is 2.93. The Bertz CT molecular complexity index is 549. The Balaban J connectivity index is 1.91. The predicted octanol–water partition coefficient (Wildman–Crippen LogP) is 1.51. The van der Waals surface area contributed by atoms with Crippen molar-refractivity contribution in [1.29, 1.82) is 0 Å². The van der Waals surface area contributed by atoms with E-state index in [1.54, 1.807) is 0 Å². The van der Waals surface area contributed by atoms with Gasteiger partial charge in [0.05, 0.1) is 6.54 Å². The molecule has 18 heavy (non-hydrogen) atoms. The maximum absolute atomic E-state index is 4.53. The molecule has 6 heteroatoms. The van der Waals surface area contributed by atoms with Crippen LogP contribution in [-0.4, -0.2) is 37.9 Å². The molecule has 0 bridgehead atoms. The highest BCUT2D eigenvalue weighted by atomic mass is 15.5. The minimum absolute atomic E-state index is 0.609. The Hall–Kier alpha value is -2.24. The second kappa shape index (κ2) is 4.56. The summed E-state index contributed by atoms with van der Waals surface area (Å²) in [5.74, 6) is 1.64. The average molecular weight is 242 g/mol. The molecule has 1 N–H and O–H groups in total. The summed E-state index contributed by atoms with van der Waals surface area (Å²) < 4.78 is 0. The summed E-state index contributed by atoms with van der Waals surface area (Å²) in [6, 6.07) is 0. The highest BCUT2D eigenvalue weighted by Crippen LogP contribution is 2.23. The van der Waals surface area contributed by atoms with Crippen molar-refractivity contribution in [3.05, 3.63) is 35.9 Å². The molecule has 3 heterocycles. The number of H-pyrrole nitrogens is 1. The maximum Gasteiger partial charge on any atom is 0.204 e. The van der Waals surface area contributed by atoms with E-state index < -0.39 is 0 Å². The first-order valence-corrected chi connectivity index (χ1v) is 6.03. The summed E-state index contributed by atoms with van der Waals surface area (Å²) in [7, 11) is 0. The molecule has 3 rings (SSSR count). The van der Waals surface area contributed by atoms with Crippen LogP contribution in [0.15, 0.2) is 35.1 Å². The van der Waals surface area contributed by atoms with Gasteiger partial charge in [0.2, 0.25) is 5.82 Å². The molecule has 1 aromatic rings. The van der Waals surface area contributed by atoms with Crippen molar-refractivity contribution in [2.45, 2.75) is 19.8 Å². The fraction of sp³-hybridized carbons (Fsp3) is 0.333. The van der Waals surface area contributed by atoms with E-state index in [9.17, 15) is 0 Å². The van der Waals surface area contributed by atoms with Gasteiger partial charge in [-0.25, -0.2) is 4.99 Å². The van der Waals surface area contributed by atoms with Gasteiger partial charge in [-0.15, -0.1) is 10.2 Å². The molecule has 0 saturated carbocycles. The van der Waals surface area contributed by atoms with Gasteiger partial charge in [-0.3, -0.25) is 0 Å². The molecule has 0 fully saturated rings. The standard InChI is InChI=1S/C12H14N6/c1-2-4-9-5-3-6-18-8-10(7-13-12(9)18)11-14-16-17-15-11/h3,5-7H,2,4,8H2,1H3,(H,14,15,16,17). The fourth-order valence-electron chi connectivity index (χ4n) is 2.13. The van der Waals surface area contributed by atoms with Crippen molar-refractivity contribution in [3.63, 3.8) is 0 Å². The number of nitrogens with zero attached hydrogens (tertiary/aromatic N) is 5. The van der Waals surface area contributed by atoms with Crippen LogP contribution < -0.4 is 0 Å². The number of hydrogen-bond donors (Lipinski definition) is 1. The molecular formula is C12H14N6. The van der Waals surface area contributed by atoms with Crippen LogP contribution in [0.1, 0.15) is 25.6 Å². The topological polar surface area (TPSA) is 70.1 Å². The molecule has 2 aliphatic heterocycles. The van der Waals surface area contributed by atoms with Gasteiger partial charge in [0.15, 0.2) is 0 Å². The van der Waals surface area contributed by atoms with Gasteiger partial charge in [0.25, 0.3) is 0 Å². The van der Waals surface area contributed by atoms with Crippen LogP contribution in [0.2, 0.25) is 0 Å². The van der Waals surface area contributed by atoms with Gasteiger partial charge >= 0.3 is 0 Å². The number of hydrogen-bond acceptors (Lipinski definition) is 5. The molecular weight excluding hydrogens is 228 g/mol. The van der Waals surface area contributed by atoms with Crippen LogP contribution in [0.25, 0.3) is 5.57 Å². The molecule has 2 aliphatic rings. The van der Waals surface area contributed by atoms with Crippen molar-refractivity contribution in [2.75, 3.05) is 6.54 Å². The monoisotopic (exact) mass is 242 g/mol. The van der Waals surface area contributed by atoms with Crippen molar-refractivity contribution >= 4 is 11.4 Å². The number of tetrazole rings is 1. The lowest BCUT2D eigenvalue weighted by atomic mass is 10.0. The lowest BCUT2D eigenvalue weighted by Gasteiger charge is -2.29. The quantitative estimate of drug-likeness (QED) is 0.872. The number of fused-ring (bicyclic) bond motifs is 1. The van der Waals surface area contributed by atoms with Crippen LogP contribution in [0.5, 0.6) is 0 Å². The van der Waals surface area contributed by atoms with Crippen LogP contribution in [-0.2, 0) is 0 Å². The molecule has 0 aromatic carbocycles. The molecule has 0 unspecified atom stereocenters. The summed E-state index contributed by atoms with van der Waals surface area (Å²) in [6.45, 7) is 2.91. The Morgan fingerprint density at radius 1 is 1.44 bits per heavy atom. The molecule has 0 spiro atoms. The lowest BCUT2D eigenvalue weighted by molar-refractivity contribution is 0.611. The van der Waals surface area contributed by atoms with E-state index in [-0.39, 0.29) is 0 Å². The molecule has 6 nitrogen and oxygen atoms in total. The van der Waals surface area contributed by atoms with Gasteiger partial charge in [-0.05, 0) is 23.3 Å². The SMILES string of the molecule is CCCC1=CC=CN2CC(c3nn[nH]n3)=CN=C12. The zero-order chi connectivity index (χ0) is 12.4. The van der Waals surface area contributed by atoms with Crippen molar-refractivity contribution < 1.29 is 0 Å². The zero-order valence-electron chi connectivity index (χ0n) is 10.2. The molecule has 0 atom stereocenters. The third kappa shape index (κ3) is 1.85. The smallest absolute Gasteiger partial charge is 0.204 e. The summed E-state index contributed by atoms with van der Waals surface area (Å²) >= 11 is 0. The Kier molecular flexibility index (Phi) is 2.76. The molecule has 1 aromatic heterocycles. The minimum Gasteiger partial charge on any atom is -0.328 e. The van der Waals surface area contributed by atoms with E-state index in [1.807, 2.05) is 12.4 Å². The minimum atomic E-state index is 0.609. The molecule has 0 amide bonds. The Labute approximate surface area is 105 Å². The van der Waals surface area contributed by atoms with Crippen LogP contribution >= 0.6 is 0 Å². The van der Waals surface area contributed by atoms with Crippen molar-refractivity contribution in [1.82, 2.24) is 25.5 Å². The summed E-state index contributed by atoms with van der Waals surface area (Å²) in [6.07, 6.45) is 10.2. The normalized spacial score (nSPS) is 18.1. The molecule has 0 radical (unpaired) electrons. The Morgan fingerprint density at radius 2 is 2.39 bits per heavy atom. The molecule has 92 valence electrons. The molecule has 0 aliphatic carbocycles. The second-order valence-electron chi connectivity index (χ2n) is 4.25. The van der Waals surface area contributed by atoms with E-state index in [2.05, 4.69) is 49.6 Å². The number of rotatable bonds is 3. The van der Waals surface area contributed by atoms with Gasteiger partial charge < -0.3 is 4.90 Å². The highest BCUT2D eigenvalue weighted by Gasteiger charge is 2.22. The van der Waals surface area contributed by atoms with Gasteiger partial charge in [0, 0.05) is 18.0 Å². The largest absolute Gasteiger partial charge is 0.328 e. The predicted molar refractivity (Wildman–Crippen MR) is 68.4 cm³/mol. The van der Waals surface area contributed by atoms with Crippen LogP contribution in [0.3, 0.4) is 0 Å². The second-order valence-corrected chi connectivity index (χ2v) is 4.25. The van der Waals surface area contributed by atoms with Crippen LogP contribution in [0.4, 0.5) is 0 Å². The van der Waals surface area contributed by atoms with Crippen molar-refractivity contribution in [3.8, 4) is 0 Å². The number of aliphatic imine (C=N–C) groups is 1.